The van der Waals surface area contributed by atoms with Crippen molar-refractivity contribution < 1.29 is 14.3 Å². The maximum absolute atomic E-state index is 12.8. The molecule has 1 fully saturated rings. The van der Waals surface area contributed by atoms with Crippen molar-refractivity contribution >= 4 is 34.1 Å². The highest BCUT2D eigenvalue weighted by Crippen LogP contribution is 2.49. The van der Waals surface area contributed by atoms with Crippen LogP contribution in [0.2, 0.25) is 0 Å². The van der Waals surface area contributed by atoms with Crippen molar-refractivity contribution in [2.24, 2.45) is 5.92 Å². The average Bonchev–Trinajstić information content (AvgIpc) is 3.76. The van der Waals surface area contributed by atoms with Crippen LogP contribution in [0.5, 0.6) is 0 Å². The van der Waals surface area contributed by atoms with Gasteiger partial charge in [0.25, 0.3) is 5.91 Å². The molecule has 2 amide bonds. The van der Waals surface area contributed by atoms with E-state index in [-0.39, 0.29) is 12.5 Å². The molecular formula is C35H30N2O3. The third-order valence-corrected chi connectivity index (χ3v) is 7.44. The van der Waals surface area contributed by atoms with Crippen molar-refractivity contribution in [3.8, 4) is 0 Å². The molecule has 5 aromatic carbocycles. The van der Waals surface area contributed by atoms with E-state index in [9.17, 15) is 9.59 Å². The number of hydrogen-bond donors (Lipinski definition) is 2. The van der Waals surface area contributed by atoms with Crippen LogP contribution in [0.25, 0.3) is 10.8 Å². The smallest absolute Gasteiger partial charge is 0.411 e. The number of carbonyl (C=O) groups excluding carboxylic acids is 2. The van der Waals surface area contributed by atoms with E-state index in [0.717, 1.165) is 17.7 Å². The predicted octanol–water partition coefficient (Wildman–Crippen LogP) is 8.19. The average molecular weight is 527 g/mol. The maximum atomic E-state index is 12.8. The molecule has 0 spiro atoms. The van der Waals surface area contributed by atoms with Crippen LogP contribution in [0.1, 0.15) is 39.4 Å². The fourth-order valence-electron chi connectivity index (χ4n) is 5.15. The highest BCUT2D eigenvalue weighted by Gasteiger charge is 2.37. The summed E-state index contributed by atoms with van der Waals surface area (Å²) in [5.41, 5.74) is 5.44. The Kier molecular flexibility index (Phi) is 7.27. The lowest BCUT2D eigenvalue weighted by molar-refractivity contribution is 0.102. The van der Waals surface area contributed by atoms with Crippen LogP contribution < -0.4 is 10.6 Å². The molecule has 2 N–H and O–H groups in total. The van der Waals surface area contributed by atoms with Gasteiger partial charge in [-0.3, -0.25) is 10.1 Å². The summed E-state index contributed by atoms with van der Waals surface area (Å²) in [4.78, 5) is 24.8. The molecule has 0 aromatic heterocycles. The number of ether oxygens (including phenoxy) is 1. The number of benzene rings is 5. The fraction of sp³-hybridized carbons (Fsp3) is 0.143. The lowest BCUT2D eigenvalue weighted by Gasteiger charge is -2.09. The first kappa shape index (κ1) is 25.4. The first-order chi connectivity index (χ1) is 19.6. The highest BCUT2D eigenvalue weighted by atomic mass is 16.5. The Labute approximate surface area is 233 Å². The molecule has 1 saturated carbocycles. The number of amides is 2. The van der Waals surface area contributed by atoms with Crippen molar-refractivity contribution in [2.75, 3.05) is 10.6 Å². The molecular weight excluding hydrogens is 496 g/mol. The van der Waals surface area contributed by atoms with Gasteiger partial charge in [-0.1, -0.05) is 84.9 Å². The zero-order valence-electron chi connectivity index (χ0n) is 22.0. The normalized spacial score (nSPS) is 15.8. The predicted molar refractivity (Wildman–Crippen MR) is 160 cm³/mol. The Hall–Kier alpha value is -4.90. The minimum atomic E-state index is -0.545. The summed E-state index contributed by atoms with van der Waals surface area (Å²) in [5.74, 6) is 1.02. The van der Waals surface area contributed by atoms with E-state index >= 15 is 0 Å². The third kappa shape index (κ3) is 6.21. The van der Waals surface area contributed by atoms with Crippen LogP contribution in [0.3, 0.4) is 0 Å². The SMILES string of the molecule is O=C(Nc1ccc(C(=O)Nc2ccc([C@@H]3C[C@@H]3Cc3ccc4ccccc4c3)cc2)cc1)OCc1ccccc1. The zero-order valence-corrected chi connectivity index (χ0v) is 22.0. The Morgan fingerprint density at radius 1 is 0.675 bits per heavy atom. The summed E-state index contributed by atoms with van der Waals surface area (Å²) in [7, 11) is 0. The molecule has 0 bridgehead atoms. The Bertz CT molecular complexity index is 1630. The van der Waals surface area contributed by atoms with Crippen LogP contribution in [-0.2, 0) is 17.8 Å². The van der Waals surface area contributed by atoms with Gasteiger partial charge < -0.3 is 10.1 Å². The molecule has 40 heavy (non-hydrogen) atoms. The molecule has 1 aliphatic rings. The van der Waals surface area contributed by atoms with Crippen LogP contribution in [0, 0.1) is 5.92 Å². The Balaban J connectivity index is 0.983. The molecule has 0 unspecified atom stereocenters. The molecule has 0 saturated heterocycles. The summed E-state index contributed by atoms with van der Waals surface area (Å²) < 4.78 is 5.24. The zero-order chi connectivity index (χ0) is 27.3. The molecule has 0 aliphatic heterocycles. The molecule has 0 radical (unpaired) electrons. The maximum Gasteiger partial charge on any atom is 0.411 e. The first-order valence-electron chi connectivity index (χ1n) is 13.6. The topological polar surface area (TPSA) is 67.4 Å². The van der Waals surface area contributed by atoms with E-state index in [1.54, 1.807) is 24.3 Å². The molecule has 2 atom stereocenters. The summed E-state index contributed by atoms with van der Waals surface area (Å²) in [6, 6.07) is 39.6. The van der Waals surface area contributed by atoms with Gasteiger partial charge in [-0.15, -0.1) is 0 Å². The van der Waals surface area contributed by atoms with Crippen molar-refractivity contribution in [1.82, 2.24) is 0 Å². The molecule has 6 rings (SSSR count). The van der Waals surface area contributed by atoms with Gasteiger partial charge in [-0.2, -0.15) is 0 Å². The van der Waals surface area contributed by atoms with Crippen LogP contribution in [-0.4, -0.2) is 12.0 Å². The number of rotatable bonds is 8. The third-order valence-electron chi connectivity index (χ3n) is 7.44. The molecule has 0 heterocycles. The van der Waals surface area contributed by atoms with E-state index in [0.29, 0.717) is 23.1 Å². The van der Waals surface area contributed by atoms with Crippen molar-refractivity contribution in [3.05, 3.63) is 144 Å². The lowest BCUT2D eigenvalue weighted by Crippen LogP contribution is -2.14. The Morgan fingerprint density at radius 2 is 1.35 bits per heavy atom. The Morgan fingerprint density at radius 3 is 2.12 bits per heavy atom. The monoisotopic (exact) mass is 526 g/mol. The van der Waals surface area contributed by atoms with E-state index < -0.39 is 6.09 Å². The number of anilines is 2. The summed E-state index contributed by atoms with van der Waals surface area (Å²) >= 11 is 0. The summed E-state index contributed by atoms with van der Waals surface area (Å²) in [5, 5.41) is 8.22. The second-order valence-corrected chi connectivity index (χ2v) is 10.3. The van der Waals surface area contributed by atoms with Gasteiger partial charge in [0, 0.05) is 16.9 Å². The van der Waals surface area contributed by atoms with Crippen molar-refractivity contribution in [2.45, 2.75) is 25.4 Å². The van der Waals surface area contributed by atoms with Crippen molar-refractivity contribution in [1.29, 1.82) is 0 Å². The minimum absolute atomic E-state index is 0.192. The molecule has 198 valence electrons. The van der Waals surface area contributed by atoms with Crippen LogP contribution in [0.15, 0.2) is 121 Å². The fourth-order valence-corrected chi connectivity index (χ4v) is 5.15. The van der Waals surface area contributed by atoms with Crippen LogP contribution in [0.4, 0.5) is 16.2 Å². The molecule has 5 aromatic rings. The molecule has 1 aliphatic carbocycles. The standard InChI is InChI=1S/C35H30N2O3/c38-34(28-14-18-32(19-15-28)37-35(39)40-23-24-6-2-1-3-7-24)36-31-16-12-27(13-17-31)33-22-30(33)21-25-10-11-26-8-4-5-9-29(26)20-25/h1-20,30,33H,21-23H2,(H,36,38)(H,37,39)/t30-,33-/m0/s1. The summed E-state index contributed by atoms with van der Waals surface area (Å²) in [6.07, 6.45) is 1.73. The number of fused-ring (bicyclic) bond motifs is 1. The first-order valence-corrected chi connectivity index (χ1v) is 13.6. The van der Waals surface area contributed by atoms with E-state index in [1.165, 1.54) is 28.3 Å². The second kappa shape index (κ2) is 11.5. The van der Waals surface area contributed by atoms with Crippen LogP contribution >= 0.6 is 0 Å². The quantitative estimate of drug-likeness (QED) is 0.214. The number of nitrogens with one attached hydrogen (secondary N) is 2. The van der Waals surface area contributed by atoms with E-state index in [1.807, 2.05) is 42.5 Å². The van der Waals surface area contributed by atoms with Gasteiger partial charge in [-0.05, 0) is 88.5 Å². The van der Waals surface area contributed by atoms with Gasteiger partial charge in [0.15, 0.2) is 0 Å². The van der Waals surface area contributed by atoms with E-state index in [2.05, 4.69) is 65.2 Å². The molecule has 5 heteroatoms. The van der Waals surface area contributed by atoms with Crippen molar-refractivity contribution in [3.63, 3.8) is 0 Å². The minimum Gasteiger partial charge on any atom is -0.444 e. The number of carbonyl (C=O) groups is 2. The van der Waals surface area contributed by atoms with Gasteiger partial charge in [-0.25, -0.2) is 4.79 Å². The van der Waals surface area contributed by atoms with Gasteiger partial charge in [0.05, 0.1) is 0 Å². The van der Waals surface area contributed by atoms with Gasteiger partial charge in [0.2, 0.25) is 0 Å². The van der Waals surface area contributed by atoms with Gasteiger partial charge in [0.1, 0.15) is 6.61 Å². The number of hydrogen-bond acceptors (Lipinski definition) is 3. The largest absolute Gasteiger partial charge is 0.444 e. The van der Waals surface area contributed by atoms with E-state index in [4.69, 9.17) is 4.74 Å². The van der Waals surface area contributed by atoms with Gasteiger partial charge >= 0.3 is 6.09 Å². The summed E-state index contributed by atoms with van der Waals surface area (Å²) in [6.45, 7) is 0.192. The highest BCUT2D eigenvalue weighted by molar-refractivity contribution is 6.04. The lowest BCUT2D eigenvalue weighted by atomic mass is 10.0. The molecule has 5 nitrogen and oxygen atoms in total. The second-order valence-electron chi connectivity index (χ2n) is 10.3.